The molecule has 2 rings (SSSR count). The SMILES string of the molecule is Cl.O=C(O)[C@@H]1C[C@@H](Cc2ccco2)CN1. The number of halogens is 1. The number of nitrogens with one attached hydrogen (secondary N) is 1. The lowest BCUT2D eigenvalue weighted by molar-refractivity contribution is -0.139. The zero-order valence-electron chi connectivity index (χ0n) is 8.18. The second-order valence-corrected chi connectivity index (χ2v) is 3.68. The van der Waals surface area contributed by atoms with Crippen LogP contribution in [0.1, 0.15) is 12.2 Å². The van der Waals surface area contributed by atoms with Crippen molar-refractivity contribution in [1.82, 2.24) is 5.32 Å². The van der Waals surface area contributed by atoms with Crippen LogP contribution in [0.3, 0.4) is 0 Å². The van der Waals surface area contributed by atoms with Gasteiger partial charge in [-0.25, -0.2) is 0 Å². The number of carboxylic acid groups (broad SMARTS) is 1. The summed E-state index contributed by atoms with van der Waals surface area (Å²) in [6.07, 6.45) is 3.16. The molecule has 2 atom stereocenters. The molecule has 1 aromatic heterocycles. The van der Waals surface area contributed by atoms with Crippen LogP contribution in [0.2, 0.25) is 0 Å². The second kappa shape index (κ2) is 5.19. The number of furan rings is 1. The summed E-state index contributed by atoms with van der Waals surface area (Å²) in [6.45, 7) is 0.762. The van der Waals surface area contributed by atoms with Gasteiger partial charge in [0.05, 0.1) is 6.26 Å². The van der Waals surface area contributed by atoms with E-state index in [2.05, 4.69) is 5.32 Å². The molecule has 0 unspecified atom stereocenters. The summed E-state index contributed by atoms with van der Waals surface area (Å²) < 4.78 is 5.22. The average Bonchev–Trinajstić information content (AvgIpc) is 2.75. The van der Waals surface area contributed by atoms with Gasteiger partial charge >= 0.3 is 5.97 Å². The Morgan fingerprint density at radius 1 is 1.67 bits per heavy atom. The first kappa shape index (κ1) is 12.1. The number of hydrogen-bond donors (Lipinski definition) is 2. The molecular formula is C10H14ClNO3. The molecule has 84 valence electrons. The third-order valence-corrected chi connectivity index (χ3v) is 2.59. The van der Waals surface area contributed by atoms with Gasteiger partial charge in [0.25, 0.3) is 0 Å². The normalized spacial score (nSPS) is 24.8. The van der Waals surface area contributed by atoms with E-state index in [0.29, 0.717) is 12.3 Å². The minimum Gasteiger partial charge on any atom is -0.480 e. The molecule has 1 aliphatic heterocycles. The molecule has 4 nitrogen and oxygen atoms in total. The van der Waals surface area contributed by atoms with Crippen LogP contribution >= 0.6 is 12.4 Å². The van der Waals surface area contributed by atoms with E-state index in [1.54, 1.807) is 6.26 Å². The van der Waals surface area contributed by atoms with Gasteiger partial charge in [0.2, 0.25) is 0 Å². The van der Waals surface area contributed by atoms with Gasteiger partial charge in [-0.15, -0.1) is 12.4 Å². The summed E-state index contributed by atoms with van der Waals surface area (Å²) in [5.41, 5.74) is 0. The molecule has 2 N–H and O–H groups in total. The second-order valence-electron chi connectivity index (χ2n) is 3.68. The Labute approximate surface area is 94.1 Å². The minimum atomic E-state index is -0.757. The van der Waals surface area contributed by atoms with Crippen LogP contribution in [0.25, 0.3) is 0 Å². The largest absolute Gasteiger partial charge is 0.480 e. The Bertz CT molecular complexity index is 312. The number of carboxylic acids is 1. The van der Waals surface area contributed by atoms with E-state index in [1.165, 1.54) is 0 Å². The van der Waals surface area contributed by atoms with Gasteiger partial charge < -0.3 is 14.8 Å². The molecule has 0 bridgehead atoms. The Morgan fingerprint density at radius 2 is 2.47 bits per heavy atom. The van der Waals surface area contributed by atoms with Gasteiger partial charge in [0.1, 0.15) is 11.8 Å². The zero-order chi connectivity index (χ0) is 9.97. The third kappa shape index (κ3) is 2.97. The molecule has 1 fully saturated rings. The Hall–Kier alpha value is -1.00. The van der Waals surface area contributed by atoms with Crippen molar-refractivity contribution in [1.29, 1.82) is 0 Å². The fraction of sp³-hybridized carbons (Fsp3) is 0.500. The summed E-state index contributed by atoms with van der Waals surface area (Å²) in [7, 11) is 0. The van der Waals surface area contributed by atoms with Gasteiger partial charge in [-0.1, -0.05) is 0 Å². The predicted molar refractivity (Wildman–Crippen MR) is 57.2 cm³/mol. The molecule has 0 aromatic carbocycles. The summed E-state index contributed by atoms with van der Waals surface area (Å²) in [5.74, 6) is 0.553. The number of carbonyl (C=O) groups is 1. The Balaban J connectivity index is 0.00000112. The summed E-state index contributed by atoms with van der Waals surface area (Å²) in [6, 6.07) is 3.40. The fourth-order valence-electron chi connectivity index (χ4n) is 1.87. The lowest BCUT2D eigenvalue weighted by Crippen LogP contribution is -2.29. The highest BCUT2D eigenvalue weighted by atomic mass is 35.5. The Kier molecular flexibility index (Phi) is 4.17. The monoisotopic (exact) mass is 231 g/mol. The Morgan fingerprint density at radius 3 is 3.00 bits per heavy atom. The van der Waals surface area contributed by atoms with Crippen molar-refractivity contribution in [2.45, 2.75) is 18.9 Å². The molecule has 1 aromatic rings. The van der Waals surface area contributed by atoms with Gasteiger partial charge in [-0.05, 0) is 31.0 Å². The van der Waals surface area contributed by atoms with E-state index >= 15 is 0 Å². The minimum absolute atomic E-state index is 0. The molecule has 0 amide bonds. The maximum Gasteiger partial charge on any atom is 0.320 e. The van der Waals surface area contributed by atoms with Gasteiger partial charge in [0.15, 0.2) is 0 Å². The summed E-state index contributed by atoms with van der Waals surface area (Å²) >= 11 is 0. The van der Waals surface area contributed by atoms with Crippen molar-refractivity contribution in [3.8, 4) is 0 Å². The smallest absolute Gasteiger partial charge is 0.320 e. The van der Waals surface area contributed by atoms with E-state index in [1.807, 2.05) is 12.1 Å². The molecule has 2 heterocycles. The summed E-state index contributed by atoms with van der Waals surface area (Å²) in [4.78, 5) is 10.7. The maximum absolute atomic E-state index is 10.7. The third-order valence-electron chi connectivity index (χ3n) is 2.59. The zero-order valence-corrected chi connectivity index (χ0v) is 9.00. The molecule has 0 spiro atoms. The van der Waals surface area contributed by atoms with E-state index in [4.69, 9.17) is 9.52 Å². The topological polar surface area (TPSA) is 62.5 Å². The first-order valence-corrected chi connectivity index (χ1v) is 4.74. The van der Waals surface area contributed by atoms with E-state index in [0.717, 1.165) is 18.7 Å². The highest BCUT2D eigenvalue weighted by Crippen LogP contribution is 2.19. The van der Waals surface area contributed by atoms with Crippen molar-refractivity contribution in [3.05, 3.63) is 24.2 Å². The summed E-state index contributed by atoms with van der Waals surface area (Å²) in [5, 5.41) is 11.7. The van der Waals surface area contributed by atoms with Crippen LogP contribution < -0.4 is 5.32 Å². The standard InChI is InChI=1S/C10H13NO3.ClH/c12-10(13)9-5-7(6-11-9)4-8-2-1-3-14-8;/h1-3,7,9,11H,4-6H2,(H,12,13);1H/t7-,9+;/m1./s1. The number of hydrogen-bond acceptors (Lipinski definition) is 3. The lowest BCUT2D eigenvalue weighted by atomic mass is 10.0. The molecule has 0 aliphatic carbocycles. The number of rotatable bonds is 3. The molecular weight excluding hydrogens is 218 g/mol. The van der Waals surface area contributed by atoms with Crippen LogP contribution in [-0.2, 0) is 11.2 Å². The highest BCUT2D eigenvalue weighted by molar-refractivity contribution is 5.85. The van der Waals surface area contributed by atoms with E-state index < -0.39 is 5.97 Å². The van der Waals surface area contributed by atoms with Crippen LogP contribution in [0, 0.1) is 5.92 Å². The van der Waals surface area contributed by atoms with Gasteiger partial charge in [-0.3, -0.25) is 4.79 Å². The molecule has 1 aliphatic rings. The predicted octanol–water partition coefficient (Wildman–Crippen LogP) is 1.31. The van der Waals surface area contributed by atoms with Crippen LogP contribution in [-0.4, -0.2) is 23.7 Å². The van der Waals surface area contributed by atoms with Gasteiger partial charge in [0, 0.05) is 6.42 Å². The van der Waals surface area contributed by atoms with Gasteiger partial charge in [-0.2, -0.15) is 0 Å². The van der Waals surface area contributed by atoms with Crippen LogP contribution in [0.5, 0.6) is 0 Å². The quantitative estimate of drug-likeness (QED) is 0.823. The average molecular weight is 232 g/mol. The van der Waals surface area contributed by atoms with Crippen LogP contribution in [0.4, 0.5) is 0 Å². The maximum atomic E-state index is 10.7. The molecule has 15 heavy (non-hydrogen) atoms. The highest BCUT2D eigenvalue weighted by Gasteiger charge is 2.29. The molecule has 1 saturated heterocycles. The molecule has 0 saturated carbocycles. The van der Waals surface area contributed by atoms with Crippen molar-refractivity contribution >= 4 is 18.4 Å². The molecule has 5 heteroatoms. The van der Waals surface area contributed by atoms with Crippen molar-refractivity contribution in [2.75, 3.05) is 6.54 Å². The van der Waals surface area contributed by atoms with Crippen molar-refractivity contribution in [2.24, 2.45) is 5.92 Å². The number of aliphatic carboxylic acids is 1. The van der Waals surface area contributed by atoms with E-state index in [-0.39, 0.29) is 18.4 Å². The molecule has 0 radical (unpaired) electrons. The first-order valence-electron chi connectivity index (χ1n) is 4.74. The van der Waals surface area contributed by atoms with Crippen LogP contribution in [0.15, 0.2) is 22.8 Å². The lowest BCUT2D eigenvalue weighted by Gasteiger charge is -2.04. The fourth-order valence-corrected chi connectivity index (χ4v) is 1.87. The van der Waals surface area contributed by atoms with Crippen molar-refractivity contribution in [3.63, 3.8) is 0 Å². The van der Waals surface area contributed by atoms with E-state index in [9.17, 15) is 4.79 Å². The van der Waals surface area contributed by atoms with Crippen molar-refractivity contribution < 1.29 is 14.3 Å². The first-order chi connectivity index (χ1) is 6.75.